The maximum Gasteiger partial charge on any atom is 0.128 e. The van der Waals surface area contributed by atoms with E-state index in [0.29, 0.717) is 17.7 Å². The molecule has 0 heterocycles. The molecule has 3 heteroatoms. The minimum atomic E-state index is -0.296. The Labute approximate surface area is 106 Å². The van der Waals surface area contributed by atoms with Crippen LogP contribution < -0.4 is 5.32 Å². The van der Waals surface area contributed by atoms with Crippen LogP contribution >= 0.6 is 0 Å². The fraction of sp³-hybridized carbons (Fsp3) is 0.133. The van der Waals surface area contributed by atoms with Crippen molar-refractivity contribution in [3.63, 3.8) is 0 Å². The Kier molecular flexibility index (Phi) is 3.59. The van der Waals surface area contributed by atoms with E-state index in [0.717, 1.165) is 11.3 Å². The third kappa shape index (κ3) is 2.67. The second kappa shape index (κ2) is 5.33. The fourth-order valence-corrected chi connectivity index (χ4v) is 1.74. The zero-order valence-corrected chi connectivity index (χ0v) is 10.1. The van der Waals surface area contributed by atoms with Crippen LogP contribution in [0.4, 0.5) is 10.1 Å². The molecule has 0 amide bonds. The molecule has 0 aromatic heterocycles. The van der Waals surface area contributed by atoms with Crippen molar-refractivity contribution < 1.29 is 4.39 Å². The van der Waals surface area contributed by atoms with Crippen LogP contribution in [0.3, 0.4) is 0 Å². The lowest BCUT2D eigenvalue weighted by Crippen LogP contribution is -2.03. The molecule has 2 aromatic carbocycles. The molecule has 0 aliphatic carbocycles. The molecule has 2 rings (SSSR count). The highest BCUT2D eigenvalue weighted by Gasteiger charge is 2.04. The first-order valence-electron chi connectivity index (χ1n) is 5.69. The predicted molar refractivity (Wildman–Crippen MR) is 69.6 cm³/mol. The highest BCUT2D eigenvalue weighted by molar-refractivity contribution is 5.50. The average molecular weight is 240 g/mol. The summed E-state index contributed by atoms with van der Waals surface area (Å²) in [5, 5.41) is 12.0. The lowest BCUT2D eigenvalue weighted by Gasteiger charge is -2.10. The molecule has 0 saturated heterocycles. The number of hydrogen-bond acceptors (Lipinski definition) is 2. The van der Waals surface area contributed by atoms with Gasteiger partial charge in [0.15, 0.2) is 0 Å². The molecular formula is C15H13FN2. The van der Waals surface area contributed by atoms with Crippen molar-refractivity contribution in [2.24, 2.45) is 0 Å². The Morgan fingerprint density at radius 3 is 2.72 bits per heavy atom. The molecule has 0 aliphatic rings. The summed E-state index contributed by atoms with van der Waals surface area (Å²) in [6.45, 7) is 2.36. The van der Waals surface area contributed by atoms with Crippen molar-refractivity contribution >= 4 is 5.69 Å². The van der Waals surface area contributed by atoms with Crippen LogP contribution in [0.25, 0.3) is 0 Å². The molecule has 90 valence electrons. The van der Waals surface area contributed by atoms with E-state index in [1.54, 1.807) is 6.07 Å². The van der Waals surface area contributed by atoms with Gasteiger partial charge in [0.2, 0.25) is 0 Å². The third-order valence-corrected chi connectivity index (χ3v) is 2.79. The van der Waals surface area contributed by atoms with Gasteiger partial charge in [-0.1, -0.05) is 18.2 Å². The summed E-state index contributed by atoms with van der Waals surface area (Å²) >= 11 is 0. The Morgan fingerprint density at radius 2 is 2.00 bits per heavy atom. The van der Waals surface area contributed by atoms with Crippen LogP contribution in [-0.4, -0.2) is 0 Å². The van der Waals surface area contributed by atoms with E-state index in [9.17, 15) is 4.39 Å². The number of nitrogens with one attached hydrogen (secondary N) is 1. The molecule has 0 unspecified atom stereocenters. The number of anilines is 1. The van der Waals surface area contributed by atoms with Crippen molar-refractivity contribution in [1.29, 1.82) is 5.26 Å². The van der Waals surface area contributed by atoms with Crippen molar-refractivity contribution in [3.05, 3.63) is 65.0 Å². The van der Waals surface area contributed by atoms with Gasteiger partial charge in [-0.2, -0.15) is 5.26 Å². The standard InChI is InChI=1S/C15H13FN2/c1-11-4-2-3-5-15(11)18-10-13-8-12(9-17)6-7-14(13)16/h2-8,18H,10H2,1H3. The first-order chi connectivity index (χ1) is 8.70. The monoisotopic (exact) mass is 240 g/mol. The normalized spacial score (nSPS) is 9.83. The number of nitriles is 1. The Hall–Kier alpha value is -2.34. The van der Waals surface area contributed by atoms with Gasteiger partial charge in [0.05, 0.1) is 11.6 Å². The van der Waals surface area contributed by atoms with Crippen LogP contribution in [0.2, 0.25) is 0 Å². The number of aryl methyl sites for hydroxylation is 1. The zero-order chi connectivity index (χ0) is 13.0. The van der Waals surface area contributed by atoms with Crippen molar-refractivity contribution in [2.75, 3.05) is 5.32 Å². The number of hydrogen-bond donors (Lipinski definition) is 1. The molecule has 0 atom stereocenters. The molecule has 18 heavy (non-hydrogen) atoms. The van der Waals surface area contributed by atoms with Gasteiger partial charge in [-0.15, -0.1) is 0 Å². The fourth-order valence-electron chi connectivity index (χ4n) is 1.74. The van der Waals surface area contributed by atoms with Crippen molar-refractivity contribution in [3.8, 4) is 6.07 Å². The number of para-hydroxylation sites is 1. The van der Waals surface area contributed by atoms with Crippen LogP contribution in [-0.2, 0) is 6.54 Å². The van der Waals surface area contributed by atoms with Gasteiger partial charge in [0, 0.05) is 17.8 Å². The Morgan fingerprint density at radius 1 is 1.22 bits per heavy atom. The average Bonchev–Trinajstić information content (AvgIpc) is 2.39. The minimum Gasteiger partial charge on any atom is -0.381 e. The molecule has 0 aliphatic heterocycles. The van der Waals surface area contributed by atoms with Crippen LogP contribution in [0.5, 0.6) is 0 Å². The summed E-state index contributed by atoms with van der Waals surface area (Å²) < 4.78 is 13.6. The number of benzene rings is 2. The number of halogens is 1. The largest absolute Gasteiger partial charge is 0.381 e. The van der Waals surface area contributed by atoms with Gasteiger partial charge in [0.1, 0.15) is 5.82 Å². The first kappa shape index (κ1) is 12.1. The molecule has 2 nitrogen and oxygen atoms in total. The second-order valence-electron chi connectivity index (χ2n) is 4.09. The molecule has 0 saturated carbocycles. The summed E-state index contributed by atoms with van der Waals surface area (Å²) in [6, 6.07) is 14.2. The van der Waals surface area contributed by atoms with E-state index in [2.05, 4.69) is 5.32 Å². The van der Waals surface area contributed by atoms with Gasteiger partial charge < -0.3 is 5.32 Å². The lowest BCUT2D eigenvalue weighted by atomic mass is 10.1. The zero-order valence-electron chi connectivity index (χ0n) is 10.1. The van der Waals surface area contributed by atoms with E-state index in [4.69, 9.17) is 5.26 Å². The van der Waals surface area contributed by atoms with Gasteiger partial charge in [-0.05, 0) is 36.8 Å². The van der Waals surface area contributed by atoms with Crippen LogP contribution in [0.15, 0.2) is 42.5 Å². The summed E-state index contributed by atoms with van der Waals surface area (Å²) in [4.78, 5) is 0. The summed E-state index contributed by atoms with van der Waals surface area (Å²) in [5.41, 5.74) is 3.05. The first-order valence-corrected chi connectivity index (χ1v) is 5.69. The molecular weight excluding hydrogens is 227 g/mol. The maximum absolute atomic E-state index is 13.6. The van der Waals surface area contributed by atoms with Crippen molar-refractivity contribution in [2.45, 2.75) is 13.5 Å². The van der Waals surface area contributed by atoms with Gasteiger partial charge >= 0.3 is 0 Å². The summed E-state index contributed by atoms with van der Waals surface area (Å²) in [5.74, 6) is -0.296. The smallest absolute Gasteiger partial charge is 0.128 e. The van der Waals surface area contributed by atoms with E-state index < -0.39 is 0 Å². The SMILES string of the molecule is Cc1ccccc1NCc1cc(C#N)ccc1F. The summed E-state index contributed by atoms with van der Waals surface area (Å²) in [7, 11) is 0. The third-order valence-electron chi connectivity index (χ3n) is 2.79. The predicted octanol–water partition coefficient (Wildman–Crippen LogP) is 3.62. The van der Waals surface area contributed by atoms with Crippen LogP contribution in [0.1, 0.15) is 16.7 Å². The second-order valence-corrected chi connectivity index (χ2v) is 4.09. The van der Waals surface area contributed by atoms with Crippen LogP contribution in [0, 0.1) is 24.1 Å². The van der Waals surface area contributed by atoms with Gasteiger partial charge in [-0.25, -0.2) is 4.39 Å². The van der Waals surface area contributed by atoms with E-state index in [-0.39, 0.29) is 5.82 Å². The van der Waals surface area contributed by atoms with Gasteiger partial charge in [-0.3, -0.25) is 0 Å². The quantitative estimate of drug-likeness (QED) is 0.889. The highest BCUT2D eigenvalue weighted by Crippen LogP contribution is 2.16. The Bertz CT molecular complexity index is 600. The van der Waals surface area contributed by atoms with Gasteiger partial charge in [0.25, 0.3) is 0 Å². The van der Waals surface area contributed by atoms with E-state index in [1.165, 1.54) is 12.1 Å². The Balaban J connectivity index is 2.16. The number of rotatable bonds is 3. The molecule has 0 fully saturated rings. The topological polar surface area (TPSA) is 35.8 Å². The molecule has 0 bridgehead atoms. The maximum atomic E-state index is 13.6. The molecule has 0 radical (unpaired) electrons. The molecule has 0 spiro atoms. The molecule has 2 aromatic rings. The minimum absolute atomic E-state index is 0.296. The van der Waals surface area contributed by atoms with E-state index in [1.807, 2.05) is 37.3 Å². The highest BCUT2D eigenvalue weighted by atomic mass is 19.1. The summed E-state index contributed by atoms with van der Waals surface area (Å²) in [6.07, 6.45) is 0. The lowest BCUT2D eigenvalue weighted by molar-refractivity contribution is 0.612. The van der Waals surface area contributed by atoms with E-state index >= 15 is 0 Å². The number of nitrogens with zero attached hydrogens (tertiary/aromatic N) is 1. The molecule has 1 N–H and O–H groups in total. The van der Waals surface area contributed by atoms with Crippen molar-refractivity contribution in [1.82, 2.24) is 0 Å².